The standard InChI is InChI=1S/C14H22N2O2S/c1-3-11-6-8-16(9-7-11)14-5-4-12(10-13(14)15)19(2,17)18/h4-5,10-11H,3,6-9,15H2,1-2H3. The van der Waals surface area contributed by atoms with Crippen LogP contribution in [-0.2, 0) is 9.84 Å². The third kappa shape index (κ3) is 3.21. The monoisotopic (exact) mass is 282 g/mol. The molecule has 2 N–H and O–H groups in total. The molecule has 4 nitrogen and oxygen atoms in total. The van der Waals surface area contributed by atoms with E-state index >= 15 is 0 Å². The van der Waals surface area contributed by atoms with Crippen LogP contribution in [0.25, 0.3) is 0 Å². The molecule has 1 saturated heterocycles. The van der Waals surface area contributed by atoms with Crippen LogP contribution in [0.2, 0.25) is 0 Å². The lowest BCUT2D eigenvalue weighted by Gasteiger charge is -2.34. The summed E-state index contributed by atoms with van der Waals surface area (Å²) in [5.74, 6) is 0.813. The normalized spacial score (nSPS) is 17.7. The Balaban J connectivity index is 2.18. The van der Waals surface area contributed by atoms with Crippen molar-refractivity contribution in [3.8, 4) is 0 Å². The van der Waals surface area contributed by atoms with Crippen molar-refractivity contribution in [3.05, 3.63) is 18.2 Å². The van der Waals surface area contributed by atoms with E-state index in [2.05, 4.69) is 11.8 Å². The largest absolute Gasteiger partial charge is 0.397 e. The average molecular weight is 282 g/mol. The van der Waals surface area contributed by atoms with Gasteiger partial charge in [0.15, 0.2) is 9.84 Å². The molecule has 0 atom stereocenters. The van der Waals surface area contributed by atoms with Crippen molar-refractivity contribution < 1.29 is 8.42 Å². The summed E-state index contributed by atoms with van der Waals surface area (Å²) in [6, 6.07) is 5.04. The van der Waals surface area contributed by atoms with Gasteiger partial charge in [-0.15, -0.1) is 0 Å². The minimum absolute atomic E-state index is 0.289. The van der Waals surface area contributed by atoms with E-state index in [0.29, 0.717) is 5.69 Å². The minimum Gasteiger partial charge on any atom is -0.397 e. The molecule has 0 amide bonds. The lowest BCUT2D eigenvalue weighted by molar-refractivity contribution is 0.395. The highest BCUT2D eigenvalue weighted by molar-refractivity contribution is 7.90. The van der Waals surface area contributed by atoms with Crippen LogP contribution in [-0.4, -0.2) is 27.8 Å². The van der Waals surface area contributed by atoms with Gasteiger partial charge in [0.25, 0.3) is 0 Å². The van der Waals surface area contributed by atoms with Crippen LogP contribution in [0.5, 0.6) is 0 Å². The van der Waals surface area contributed by atoms with Crippen LogP contribution >= 0.6 is 0 Å². The van der Waals surface area contributed by atoms with Gasteiger partial charge in [-0.1, -0.05) is 13.3 Å². The molecule has 1 aromatic carbocycles. The first-order valence-electron chi connectivity index (χ1n) is 6.76. The molecule has 5 heteroatoms. The molecule has 19 heavy (non-hydrogen) atoms. The van der Waals surface area contributed by atoms with Crippen molar-refractivity contribution in [1.82, 2.24) is 0 Å². The number of nitrogens with two attached hydrogens (primary N) is 1. The molecular weight excluding hydrogens is 260 g/mol. The van der Waals surface area contributed by atoms with Crippen molar-refractivity contribution in [1.29, 1.82) is 0 Å². The zero-order valence-electron chi connectivity index (χ0n) is 11.6. The molecule has 1 fully saturated rings. The Hall–Kier alpha value is -1.23. The molecule has 0 saturated carbocycles. The van der Waals surface area contributed by atoms with Gasteiger partial charge in [-0.3, -0.25) is 0 Å². The highest BCUT2D eigenvalue weighted by Gasteiger charge is 2.20. The van der Waals surface area contributed by atoms with Gasteiger partial charge < -0.3 is 10.6 Å². The summed E-state index contributed by atoms with van der Waals surface area (Å²) in [6.45, 7) is 4.23. The summed E-state index contributed by atoms with van der Waals surface area (Å²) < 4.78 is 23.0. The fourth-order valence-corrected chi connectivity index (χ4v) is 3.29. The molecule has 0 bridgehead atoms. The van der Waals surface area contributed by atoms with Crippen molar-refractivity contribution in [2.45, 2.75) is 31.1 Å². The van der Waals surface area contributed by atoms with Crippen LogP contribution in [0.15, 0.2) is 23.1 Å². The number of benzene rings is 1. The Kier molecular flexibility index (Phi) is 4.04. The third-order valence-corrected chi connectivity index (χ3v) is 5.07. The van der Waals surface area contributed by atoms with Gasteiger partial charge in [0.2, 0.25) is 0 Å². The molecule has 0 radical (unpaired) electrons. The van der Waals surface area contributed by atoms with E-state index < -0.39 is 9.84 Å². The Morgan fingerprint density at radius 2 is 1.95 bits per heavy atom. The van der Waals surface area contributed by atoms with Crippen molar-refractivity contribution >= 4 is 21.2 Å². The van der Waals surface area contributed by atoms with Crippen LogP contribution in [0.4, 0.5) is 11.4 Å². The molecule has 106 valence electrons. The van der Waals surface area contributed by atoms with Gasteiger partial charge in [-0.25, -0.2) is 8.42 Å². The summed E-state index contributed by atoms with van der Waals surface area (Å²) in [4.78, 5) is 2.55. The third-order valence-electron chi connectivity index (χ3n) is 3.96. The highest BCUT2D eigenvalue weighted by Crippen LogP contribution is 2.30. The van der Waals surface area contributed by atoms with E-state index in [1.54, 1.807) is 12.1 Å². The van der Waals surface area contributed by atoms with Crippen LogP contribution in [0.1, 0.15) is 26.2 Å². The molecule has 0 aliphatic carbocycles. The number of anilines is 2. The number of nitrogens with zero attached hydrogens (tertiary/aromatic N) is 1. The number of sulfone groups is 1. The van der Waals surface area contributed by atoms with Crippen molar-refractivity contribution in [3.63, 3.8) is 0 Å². The number of rotatable bonds is 3. The van der Waals surface area contributed by atoms with Gasteiger partial charge in [0, 0.05) is 19.3 Å². The Morgan fingerprint density at radius 1 is 1.32 bits per heavy atom. The second-order valence-corrected chi connectivity index (χ2v) is 7.35. The average Bonchev–Trinajstić information content (AvgIpc) is 2.38. The summed E-state index contributed by atoms with van der Waals surface area (Å²) in [7, 11) is -3.18. The number of piperidine rings is 1. The highest BCUT2D eigenvalue weighted by atomic mass is 32.2. The van der Waals surface area contributed by atoms with Gasteiger partial charge in [-0.05, 0) is 37.0 Å². The molecular formula is C14H22N2O2S. The summed E-state index contributed by atoms with van der Waals surface area (Å²) >= 11 is 0. The Bertz CT molecular complexity index is 547. The van der Waals surface area contributed by atoms with Crippen molar-refractivity contribution in [2.24, 2.45) is 5.92 Å². The maximum atomic E-state index is 11.5. The number of hydrogen-bond donors (Lipinski definition) is 1. The smallest absolute Gasteiger partial charge is 0.175 e. The molecule has 1 aliphatic rings. The lowest BCUT2D eigenvalue weighted by Crippen LogP contribution is -2.33. The number of hydrogen-bond acceptors (Lipinski definition) is 4. The lowest BCUT2D eigenvalue weighted by atomic mass is 9.94. The molecule has 0 spiro atoms. The molecule has 1 aliphatic heterocycles. The SMILES string of the molecule is CCC1CCN(c2ccc(S(C)(=O)=O)cc2N)CC1. The first-order valence-corrected chi connectivity index (χ1v) is 8.65. The van der Waals surface area contributed by atoms with Crippen LogP contribution in [0, 0.1) is 5.92 Å². The molecule has 0 aromatic heterocycles. The minimum atomic E-state index is -3.18. The van der Waals surface area contributed by atoms with E-state index in [0.717, 1.165) is 24.7 Å². The molecule has 1 aromatic rings. The maximum absolute atomic E-state index is 11.5. The second-order valence-electron chi connectivity index (χ2n) is 5.33. The first-order chi connectivity index (χ1) is 8.91. The zero-order chi connectivity index (χ0) is 14.0. The van der Waals surface area contributed by atoms with Crippen LogP contribution in [0.3, 0.4) is 0 Å². The van der Waals surface area contributed by atoms with Gasteiger partial charge in [0.05, 0.1) is 16.3 Å². The number of nitrogen functional groups attached to an aromatic ring is 1. The van der Waals surface area contributed by atoms with Crippen LogP contribution < -0.4 is 10.6 Å². The summed E-state index contributed by atoms with van der Waals surface area (Å²) in [6.07, 6.45) is 4.80. The van der Waals surface area contributed by atoms with Gasteiger partial charge in [0.1, 0.15) is 0 Å². The quantitative estimate of drug-likeness (QED) is 0.864. The summed E-state index contributed by atoms with van der Waals surface area (Å²) in [5, 5.41) is 0. The summed E-state index contributed by atoms with van der Waals surface area (Å²) in [5.41, 5.74) is 7.52. The first kappa shape index (κ1) is 14.2. The Labute approximate surface area is 115 Å². The van der Waals surface area contributed by atoms with Gasteiger partial charge in [-0.2, -0.15) is 0 Å². The molecule has 0 unspecified atom stereocenters. The molecule has 2 rings (SSSR count). The van der Waals surface area contributed by atoms with E-state index in [1.165, 1.54) is 25.5 Å². The predicted molar refractivity (Wildman–Crippen MR) is 79.2 cm³/mol. The van der Waals surface area contributed by atoms with E-state index in [9.17, 15) is 8.42 Å². The van der Waals surface area contributed by atoms with Gasteiger partial charge >= 0.3 is 0 Å². The zero-order valence-corrected chi connectivity index (χ0v) is 12.4. The topological polar surface area (TPSA) is 63.4 Å². The van der Waals surface area contributed by atoms with E-state index in [1.807, 2.05) is 6.07 Å². The van der Waals surface area contributed by atoms with E-state index in [4.69, 9.17) is 5.73 Å². The Morgan fingerprint density at radius 3 is 2.42 bits per heavy atom. The second kappa shape index (κ2) is 5.41. The molecule has 1 heterocycles. The predicted octanol–water partition coefficient (Wildman–Crippen LogP) is 2.30. The fourth-order valence-electron chi connectivity index (χ4n) is 2.63. The fraction of sp³-hybridized carbons (Fsp3) is 0.571. The maximum Gasteiger partial charge on any atom is 0.175 e. The van der Waals surface area contributed by atoms with E-state index in [-0.39, 0.29) is 4.90 Å². The van der Waals surface area contributed by atoms with Crippen molar-refractivity contribution in [2.75, 3.05) is 30.0 Å².